The fraction of sp³-hybridized carbons (Fsp3) is 0.571. The van der Waals surface area contributed by atoms with Crippen molar-refractivity contribution < 1.29 is 27.0 Å². The number of aliphatic hydroxyl groups excluding tert-OH is 1. The van der Waals surface area contributed by atoms with E-state index >= 15 is 0 Å². The van der Waals surface area contributed by atoms with Crippen molar-refractivity contribution in [2.24, 2.45) is 0 Å². The van der Waals surface area contributed by atoms with Crippen molar-refractivity contribution in [2.45, 2.75) is 32.4 Å². The number of hydrogen-bond acceptors (Lipinski definition) is 4. The van der Waals surface area contributed by atoms with Gasteiger partial charge in [0, 0.05) is 12.1 Å². The molecule has 19 heavy (non-hydrogen) atoms. The van der Waals surface area contributed by atoms with Crippen LogP contribution in [0.4, 0.5) is 0 Å². The van der Waals surface area contributed by atoms with E-state index in [0.29, 0.717) is 6.54 Å². The van der Waals surface area contributed by atoms with Crippen LogP contribution in [0.15, 0.2) is 24.3 Å². The third kappa shape index (κ3) is 7.93. The Balaban J connectivity index is 0.00000324. The zero-order chi connectivity index (χ0) is 13.6. The molecule has 0 heterocycles. The number of rotatable bonds is 6. The Morgan fingerprint density at radius 1 is 1.16 bits per heavy atom. The first kappa shape index (κ1) is 18.0. The van der Waals surface area contributed by atoms with Crippen molar-refractivity contribution in [1.29, 1.82) is 0 Å². The second-order valence-electron chi connectivity index (χ2n) is 5.27. The maximum absolute atomic E-state index is 9.76. The van der Waals surface area contributed by atoms with Crippen LogP contribution in [-0.2, 0) is 0 Å². The van der Waals surface area contributed by atoms with Gasteiger partial charge in [-0.3, -0.25) is 0 Å². The molecule has 5 heteroatoms. The van der Waals surface area contributed by atoms with Gasteiger partial charge >= 0.3 is 0 Å². The maximum Gasteiger partial charge on any atom is 0.119 e. The summed E-state index contributed by atoms with van der Waals surface area (Å²) >= 11 is 0. The van der Waals surface area contributed by atoms with Gasteiger partial charge in [0.25, 0.3) is 0 Å². The Morgan fingerprint density at radius 2 is 1.68 bits per heavy atom. The predicted octanol–water partition coefficient (Wildman–Crippen LogP) is -1.17. The summed E-state index contributed by atoms with van der Waals surface area (Å²) in [6.07, 6.45) is -0.522. The van der Waals surface area contributed by atoms with E-state index in [1.165, 1.54) is 0 Å². The smallest absolute Gasteiger partial charge is 0.119 e. The molecule has 0 aromatic heterocycles. The van der Waals surface area contributed by atoms with Gasteiger partial charge in [-0.25, -0.2) is 0 Å². The molecule has 2 N–H and O–H groups in total. The Hall–Kier alpha value is -0.970. The monoisotopic (exact) mass is 288 g/mol. The lowest BCUT2D eigenvalue weighted by atomic mass is 10.1. The third-order valence-corrected chi connectivity index (χ3v) is 2.37. The highest BCUT2D eigenvalue weighted by Crippen LogP contribution is 2.17. The van der Waals surface area contributed by atoms with Crippen molar-refractivity contribution in [3.05, 3.63) is 24.3 Å². The van der Waals surface area contributed by atoms with Crippen LogP contribution >= 0.6 is 0 Å². The second kappa shape index (κ2) is 8.25. The number of ether oxygens (including phenoxy) is 2. The Morgan fingerprint density at radius 3 is 2.16 bits per heavy atom. The Bertz CT molecular complexity index is 349. The average Bonchev–Trinajstić information content (AvgIpc) is 2.33. The van der Waals surface area contributed by atoms with Crippen LogP contribution in [0, 0.1) is 0 Å². The van der Waals surface area contributed by atoms with Gasteiger partial charge in [-0.05, 0) is 45.0 Å². The molecule has 0 saturated carbocycles. The lowest BCUT2D eigenvalue weighted by Crippen LogP contribution is -3.00. The van der Waals surface area contributed by atoms with Gasteiger partial charge in [-0.1, -0.05) is 0 Å². The van der Waals surface area contributed by atoms with E-state index in [2.05, 4.69) is 26.1 Å². The molecule has 1 rings (SSSR count). The standard InChI is InChI=1S/C14H23NO3.ClH/c1-14(2,3)15-9-11(16)10-18-13-7-5-12(17-4)6-8-13;/h5-8,11,15-16H,9-10H2,1-4H3;1H/p-1. The molecule has 1 unspecified atom stereocenters. The molecule has 1 atom stereocenters. The molecule has 0 amide bonds. The largest absolute Gasteiger partial charge is 1.00 e. The molecular weight excluding hydrogens is 266 g/mol. The number of halogens is 1. The van der Waals surface area contributed by atoms with E-state index in [1.807, 2.05) is 24.3 Å². The average molecular weight is 289 g/mol. The minimum absolute atomic E-state index is 0. The lowest BCUT2D eigenvalue weighted by molar-refractivity contribution is -0.00000632. The van der Waals surface area contributed by atoms with Crippen LogP contribution in [0.25, 0.3) is 0 Å². The number of β-amino-alcohol motifs (C(OH)–C–C–N with tert-alkyl or cyclic N) is 1. The van der Waals surface area contributed by atoms with E-state index < -0.39 is 6.10 Å². The molecule has 0 aliphatic carbocycles. The third-order valence-electron chi connectivity index (χ3n) is 2.37. The van der Waals surface area contributed by atoms with Crippen LogP contribution in [0.5, 0.6) is 11.5 Å². The first-order valence-corrected chi connectivity index (χ1v) is 6.10. The highest BCUT2D eigenvalue weighted by atomic mass is 35.5. The predicted molar refractivity (Wildman–Crippen MR) is 72.3 cm³/mol. The zero-order valence-corrected chi connectivity index (χ0v) is 12.7. The molecular formula is C14H23ClNO3-. The summed E-state index contributed by atoms with van der Waals surface area (Å²) in [5.41, 5.74) is 0.00108. The van der Waals surface area contributed by atoms with Gasteiger partial charge in [-0.2, -0.15) is 0 Å². The van der Waals surface area contributed by atoms with Crippen molar-refractivity contribution in [1.82, 2.24) is 5.32 Å². The summed E-state index contributed by atoms with van der Waals surface area (Å²) in [5, 5.41) is 13.0. The number of methoxy groups -OCH3 is 1. The summed E-state index contributed by atoms with van der Waals surface area (Å²) in [6, 6.07) is 7.30. The van der Waals surface area contributed by atoms with Gasteiger partial charge in [0.2, 0.25) is 0 Å². The molecule has 0 aliphatic rings. The second-order valence-corrected chi connectivity index (χ2v) is 5.27. The summed E-state index contributed by atoms with van der Waals surface area (Å²) in [4.78, 5) is 0. The maximum atomic E-state index is 9.76. The molecule has 0 bridgehead atoms. The fourth-order valence-electron chi connectivity index (χ4n) is 1.35. The molecule has 0 fully saturated rings. The molecule has 0 radical (unpaired) electrons. The van der Waals surface area contributed by atoms with Crippen LogP contribution in [-0.4, -0.2) is 37.0 Å². The van der Waals surface area contributed by atoms with Gasteiger partial charge in [0.05, 0.1) is 7.11 Å². The summed E-state index contributed by atoms with van der Waals surface area (Å²) in [6.45, 7) is 6.97. The van der Waals surface area contributed by atoms with E-state index in [0.717, 1.165) is 11.5 Å². The first-order valence-electron chi connectivity index (χ1n) is 6.10. The Labute approximate surface area is 121 Å². The van der Waals surface area contributed by atoms with Gasteiger partial charge in [0.15, 0.2) is 0 Å². The number of benzene rings is 1. The summed E-state index contributed by atoms with van der Waals surface area (Å²) in [7, 11) is 1.62. The van der Waals surface area contributed by atoms with Crippen LogP contribution in [0.3, 0.4) is 0 Å². The molecule has 1 aromatic rings. The number of nitrogens with one attached hydrogen (secondary N) is 1. The van der Waals surface area contributed by atoms with Gasteiger partial charge in [0.1, 0.15) is 24.2 Å². The lowest BCUT2D eigenvalue weighted by Gasteiger charge is -2.22. The van der Waals surface area contributed by atoms with E-state index in [1.54, 1.807) is 7.11 Å². The van der Waals surface area contributed by atoms with Crippen LogP contribution in [0.2, 0.25) is 0 Å². The molecule has 1 aromatic carbocycles. The van der Waals surface area contributed by atoms with E-state index in [4.69, 9.17) is 9.47 Å². The number of aliphatic hydroxyl groups is 1. The van der Waals surface area contributed by atoms with Crippen molar-refractivity contribution >= 4 is 0 Å². The van der Waals surface area contributed by atoms with E-state index in [-0.39, 0.29) is 24.6 Å². The van der Waals surface area contributed by atoms with Crippen LogP contribution in [0.1, 0.15) is 20.8 Å². The minimum atomic E-state index is -0.522. The fourth-order valence-corrected chi connectivity index (χ4v) is 1.35. The highest BCUT2D eigenvalue weighted by molar-refractivity contribution is 5.31. The quantitative estimate of drug-likeness (QED) is 0.692. The van der Waals surface area contributed by atoms with Crippen molar-refractivity contribution in [3.63, 3.8) is 0 Å². The molecule has 110 valence electrons. The van der Waals surface area contributed by atoms with Crippen molar-refractivity contribution in [3.8, 4) is 11.5 Å². The van der Waals surface area contributed by atoms with Gasteiger partial charge < -0.3 is 32.3 Å². The van der Waals surface area contributed by atoms with Crippen LogP contribution < -0.4 is 27.2 Å². The zero-order valence-electron chi connectivity index (χ0n) is 11.9. The molecule has 0 spiro atoms. The minimum Gasteiger partial charge on any atom is -1.00 e. The van der Waals surface area contributed by atoms with Gasteiger partial charge in [-0.15, -0.1) is 0 Å². The molecule has 0 saturated heterocycles. The topological polar surface area (TPSA) is 50.7 Å². The SMILES string of the molecule is COc1ccc(OCC(O)CNC(C)(C)C)cc1.[Cl-]. The Kier molecular flexibility index (Phi) is 7.83. The highest BCUT2D eigenvalue weighted by Gasteiger charge is 2.12. The number of hydrogen-bond donors (Lipinski definition) is 2. The molecule has 4 nitrogen and oxygen atoms in total. The normalized spacial score (nSPS) is 12.5. The first-order chi connectivity index (χ1) is 8.40. The van der Waals surface area contributed by atoms with Crippen molar-refractivity contribution in [2.75, 3.05) is 20.3 Å². The summed E-state index contributed by atoms with van der Waals surface area (Å²) < 4.78 is 10.5. The molecule has 0 aliphatic heterocycles. The summed E-state index contributed by atoms with van der Waals surface area (Å²) in [5.74, 6) is 1.52. The van der Waals surface area contributed by atoms with E-state index in [9.17, 15) is 5.11 Å².